The van der Waals surface area contributed by atoms with E-state index in [0.717, 1.165) is 24.2 Å². The smallest absolute Gasteiger partial charge is 0.303 e. The van der Waals surface area contributed by atoms with Crippen molar-refractivity contribution < 1.29 is 9.90 Å². The highest BCUT2D eigenvalue weighted by atomic mass is 16.4. The molecule has 0 aliphatic carbocycles. The summed E-state index contributed by atoms with van der Waals surface area (Å²) in [5, 5.41) is 12.0. The second kappa shape index (κ2) is 4.40. The number of hydrogen-bond donors (Lipinski definition) is 2. The Hall–Kier alpha value is -1.42. The molecule has 15 heavy (non-hydrogen) atoms. The fourth-order valence-electron chi connectivity index (χ4n) is 1.98. The summed E-state index contributed by atoms with van der Waals surface area (Å²) in [5.41, 5.74) is 2.26. The molecule has 2 heterocycles. The van der Waals surface area contributed by atoms with Crippen LogP contribution in [-0.2, 0) is 11.2 Å². The highest BCUT2D eigenvalue weighted by Gasteiger charge is 2.20. The molecule has 1 aliphatic heterocycles. The Kier molecular flexibility index (Phi) is 2.97. The maximum Gasteiger partial charge on any atom is 0.303 e. The number of rotatable bonds is 3. The fourth-order valence-corrected chi connectivity index (χ4v) is 1.98. The van der Waals surface area contributed by atoms with Gasteiger partial charge in [-0.25, -0.2) is 0 Å². The summed E-state index contributed by atoms with van der Waals surface area (Å²) in [6, 6.07) is 4.08. The summed E-state index contributed by atoms with van der Waals surface area (Å²) in [7, 11) is 0. The lowest BCUT2D eigenvalue weighted by atomic mass is 9.95. The number of carboxylic acids is 1. The minimum absolute atomic E-state index is 0.151. The molecule has 4 nitrogen and oxygen atoms in total. The minimum Gasteiger partial charge on any atom is -0.481 e. The van der Waals surface area contributed by atoms with Gasteiger partial charge in [-0.2, -0.15) is 0 Å². The molecule has 0 spiro atoms. The molecule has 0 fully saturated rings. The van der Waals surface area contributed by atoms with Gasteiger partial charge in [-0.15, -0.1) is 0 Å². The zero-order chi connectivity index (χ0) is 10.7. The number of nitrogens with one attached hydrogen (secondary N) is 1. The summed E-state index contributed by atoms with van der Waals surface area (Å²) in [6.07, 6.45) is 3.55. The number of carboxylic acid groups (broad SMARTS) is 1. The summed E-state index contributed by atoms with van der Waals surface area (Å²) < 4.78 is 0. The monoisotopic (exact) mass is 206 g/mol. The van der Waals surface area contributed by atoms with Gasteiger partial charge >= 0.3 is 5.97 Å². The molecule has 1 atom stereocenters. The van der Waals surface area contributed by atoms with Crippen LogP contribution in [0.3, 0.4) is 0 Å². The summed E-state index contributed by atoms with van der Waals surface area (Å²) in [4.78, 5) is 14.8. The van der Waals surface area contributed by atoms with Crippen molar-refractivity contribution in [2.45, 2.75) is 25.3 Å². The number of nitrogens with zero attached hydrogens (tertiary/aromatic N) is 1. The third-order valence-corrected chi connectivity index (χ3v) is 2.70. The Morgan fingerprint density at radius 3 is 3.33 bits per heavy atom. The molecular formula is C11H14N2O2. The standard InChI is InChI=1S/C11H14N2O2/c14-11(15)4-3-9-8-2-1-6-12-10(8)5-7-13-9/h1-2,6,9,13H,3-5,7H2,(H,14,15). The van der Waals surface area contributed by atoms with E-state index in [9.17, 15) is 4.79 Å². The van der Waals surface area contributed by atoms with Crippen LogP contribution in [0.4, 0.5) is 0 Å². The van der Waals surface area contributed by atoms with Gasteiger partial charge < -0.3 is 10.4 Å². The van der Waals surface area contributed by atoms with E-state index >= 15 is 0 Å². The average molecular weight is 206 g/mol. The second-order valence-corrected chi connectivity index (χ2v) is 3.73. The zero-order valence-electron chi connectivity index (χ0n) is 8.44. The van der Waals surface area contributed by atoms with Crippen molar-refractivity contribution >= 4 is 5.97 Å². The lowest BCUT2D eigenvalue weighted by molar-refractivity contribution is -0.137. The van der Waals surface area contributed by atoms with Crippen LogP contribution in [0.1, 0.15) is 30.1 Å². The van der Waals surface area contributed by atoms with E-state index in [1.165, 1.54) is 0 Å². The van der Waals surface area contributed by atoms with Crippen LogP contribution in [0.25, 0.3) is 0 Å². The van der Waals surface area contributed by atoms with Gasteiger partial charge in [-0.3, -0.25) is 9.78 Å². The second-order valence-electron chi connectivity index (χ2n) is 3.73. The van der Waals surface area contributed by atoms with E-state index < -0.39 is 5.97 Å². The number of fused-ring (bicyclic) bond motifs is 1. The molecule has 2 rings (SSSR count). The van der Waals surface area contributed by atoms with Gasteiger partial charge in [0.15, 0.2) is 0 Å². The Morgan fingerprint density at radius 2 is 2.53 bits per heavy atom. The molecule has 1 aromatic rings. The lowest BCUT2D eigenvalue weighted by Crippen LogP contribution is -2.30. The van der Waals surface area contributed by atoms with Crippen molar-refractivity contribution in [2.75, 3.05) is 6.54 Å². The van der Waals surface area contributed by atoms with Gasteiger partial charge in [0.05, 0.1) is 0 Å². The minimum atomic E-state index is -0.743. The first-order valence-electron chi connectivity index (χ1n) is 5.16. The highest BCUT2D eigenvalue weighted by molar-refractivity contribution is 5.66. The first kappa shape index (κ1) is 10.1. The van der Waals surface area contributed by atoms with Crippen LogP contribution in [-0.4, -0.2) is 22.6 Å². The summed E-state index contributed by atoms with van der Waals surface area (Å²) in [6.45, 7) is 0.883. The molecule has 4 heteroatoms. The van der Waals surface area contributed by atoms with Crippen LogP contribution in [0, 0.1) is 0 Å². The molecule has 1 aromatic heterocycles. The normalized spacial score (nSPS) is 19.6. The number of aliphatic carboxylic acids is 1. The van der Waals surface area contributed by atoms with Gasteiger partial charge in [-0.05, 0) is 18.1 Å². The van der Waals surface area contributed by atoms with Gasteiger partial charge in [0.25, 0.3) is 0 Å². The van der Waals surface area contributed by atoms with Crippen LogP contribution < -0.4 is 5.32 Å². The van der Waals surface area contributed by atoms with E-state index in [2.05, 4.69) is 10.3 Å². The van der Waals surface area contributed by atoms with Crippen LogP contribution in [0.2, 0.25) is 0 Å². The van der Waals surface area contributed by atoms with E-state index in [0.29, 0.717) is 6.42 Å². The van der Waals surface area contributed by atoms with Crippen LogP contribution >= 0.6 is 0 Å². The average Bonchev–Trinajstić information content (AvgIpc) is 2.26. The van der Waals surface area contributed by atoms with Crippen molar-refractivity contribution in [2.24, 2.45) is 0 Å². The molecule has 0 radical (unpaired) electrons. The molecule has 0 aromatic carbocycles. The number of pyridine rings is 1. The van der Waals surface area contributed by atoms with Gasteiger partial charge in [0, 0.05) is 37.3 Å². The van der Waals surface area contributed by atoms with E-state index in [4.69, 9.17) is 5.11 Å². The van der Waals surface area contributed by atoms with Crippen LogP contribution in [0.5, 0.6) is 0 Å². The molecule has 0 amide bonds. The first-order valence-corrected chi connectivity index (χ1v) is 5.16. The van der Waals surface area contributed by atoms with Crippen molar-refractivity contribution in [1.82, 2.24) is 10.3 Å². The highest BCUT2D eigenvalue weighted by Crippen LogP contribution is 2.24. The predicted octanol–water partition coefficient (Wildman–Crippen LogP) is 1.13. The number of carbonyl (C=O) groups is 1. The molecule has 0 saturated heterocycles. The van der Waals surface area contributed by atoms with Crippen molar-refractivity contribution in [3.8, 4) is 0 Å². The molecule has 0 bridgehead atoms. The molecule has 1 aliphatic rings. The summed E-state index contributed by atoms with van der Waals surface area (Å²) >= 11 is 0. The van der Waals surface area contributed by atoms with Crippen molar-refractivity contribution in [3.63, 3.8) is 0 Å². The van der Waals surface area contributed by atoms with Crippen molar-refractivity contribution in [3.05, 3.63) is 29.6 Å². The lowest BCUT2D eigenvalue weighted by Gasteiger charge is -2.25. The van der Waals surface area contributed by atoms with Gasteiger partial charge in [-0.1, -0.05) is 6.07 Å². The zero-order valence-corrected chi connectivity index (χ0v) is 8.44. The first-order chi connectivity index (χ1) is 7.27. The van der Waals surface area contributed by atoms with Crippen molar-refractivity contribution in [1.29, 1.82) is 0 Å². The molecule has 2 N–H and O–H groups in total. The fraction of sp³-hybridized carbons (Fsp3) is 0.455. The summed E-state index contributed by atoms with van der Waals surface area (Å²) in [5.74, 6) is -0.743. The third kappa shape index (κ3) is 2.33. The quantitative estimate of drug-likeness (QED) is 0.778. The Labute approximate surface area is 88.3 Å². The van der Waals surface area contributed by atoms with Crippen LogP contribution in [0.15, 0.2) is 18.3 Å². The third-order valence-electron chi connectivity index (χ3n) is 2.70. The van der Waals surface area contributed by atoms with E-state index in [1.54, 1.807) is 6.20 Å². The van der Waals surface area contributed by atoms with E-state index in [-0.39, 0.29) is 12.5 Å². The van der Waals surface area contributed by atoms with E-state index in [1.807, 2.05) is 12.1 Å². The topological polar surface area (TPSA) is 62.2 Å². The Balaban J connectivity index is 2.11. The molecule has 1 unspecified atom stereocenters. The maximum absolute atomic E-state index is 10.5. The molecule has 0 saturated carbocycles. The Morgan fingerprint density at radius 1 is 1.67 bits per heavy atom. The number of hydrogen-bond acceptors (Lipinski definition) is 3. The largest absolute Gasteiger partial charge is 0.481 e. The maximum atomic E-state index is 10.5. The SMILES string of the molecule is O=C(O)CCC1NCCc2ncccc21. The molecular weight excluding hydrogens is 192 g/mol. The number of aromatic nitrogens is 1. The predicted molar refractivity (Wildman–Crippen MR) is 55.6 cm³/mol. The Bertz CT molecular complexity index is 365. The van der Waals surface area contributed by atoms with Gasteiger partial charge in [0.1, 0.15) is 0 Å². The van der Waals surface area contributed by atoms with Gasteiger partial charge in [0.2, 0.25) is 0 Å². The molecule has 80 valence electrons.